The van der Waals surface area contributed by atoms with Crippen LogP contribution < -0.4 is 10.1 Å². The summed E-state index contributed by atoms with van der Waals surface area (Å²) < 4.78 is 5.53. The van der Waals surface area contributed by atoms with Gasteiger partial charge in [0.2, 0.25) is 5.91 Å². The number of anilines is 1. The number of piperazine rings is 1. The smallest absolute Gasteiger partial charge is 0.265 e. The normalized spacial score (nSPS) is 22.6. The molecule has 1 unspecified atom stereocenters. The lowest BCUT2D eigenvalue weighted by Gasteiger charge is -2.32. The molecule has 1 N–H and O–H groups in total. The van der Waals surface area contributed by atoms with E-state index in [2.05, 4.69) is 10.2 Å². The first-order valence-electron chi connectivity index (χ1n) is 7.09. The van der Waals surface area contributed by atoms with Crippen LogP contribution >= 0.6 is 0 Å². The molecule has 2 aliphatic rings. The molecule has 0 bridgehead atoms. The molecule has 2 heterocycles. The van der Waals surface area contributed by atoms with Gasteiger partial charge in [0.05, 0.1) is 12.2 Å². The van der Waals surface area contributed by atoms with E-state index in [0.717, 1.165) is 18.7 Å². The van der Waals surface area contributed by atoms with Crippen molar-refractivity contribution in [2.45, 2.75) is 19.6 Å². The molecule has 1 fully saturated rings. The summed E-state index contributed by atoms with van der Waals surface area (Å²) in [6, 6.07) is 5.77. The number of fused-ring (bicyclic) bond motifs is 1. The Hall–Kier alpha value is -2.08. The van der Waals surface area contributed by atoms with Gasteiger partial charge in [-0.15, -0.1) is 0 Å². The Labute approximate surface area is 123 Å². The maximum atomic E-state index is 11.7. The number of benzene rings is 1. The Morgan fingerprint density at radius 3 is 2.90 bits per heavy atom. The molecule has 112 valence electrons. The second-order valence-electron chi connectivity index (χ2n) is 5.61. The van der Waals surface area contributed by atoms with Gasteiger partial charge < -0.3 is 15.0 Å². The van der Waals surface area contributed by atoms with Gasteiger partial charge in [-0.3, -0.25) is 14.5 Å². The molecule has 2 aliphatic heterocycles. The summed E-state index contributed by atoms with van der Waals surface area (Å²) in [5, 5.41) is 2.85. The molecule has 2 amide bonds. The number of hydrogen-bond donors (Lipinski definition) is 1. The van der Waals surface area contributed by atoms with Crippen molar-refractivity contribution in [2.75, 3.05) is 32.0 Å². The predicted molar refractivity (Wildman–Crippen MR) is 78.1 cm³/mol. The molecule has 6 heteroatoms. The molecule has 1 atom stereocenters. The van der Waals surface area contributed by atoms with Crippen molar-refractivity contribution in [3.63, 3.8) is 0 Å². The minimum absolute atomic E-state index is 0.130. The van der Waals surface area contributed by atoms with E-state index < -0.39 is 6.10 Å². The second kappa shape index (κ2) is 5.37. The summed E-state index contributed by atoms with van der Waals surface area (Å²) in [5.41, 5.74) is 1.76. The van der Waals surface area contributed by atoms with Gasteiger partial charge in [-0.1, -0.05) is 6.07 Å². The maximum Gasteiger partial charge on any atom is 0.265 e. The summed E-state index contributed by atoms with van der Waals surface area (Å²) in [4.78, 5) is 27.2. The van der Waals surface area contributed by atoms with Crippen molar-refractivity contribution in [1.29, 1.82) is 0 Å². The lowest BCUT2D eigenvalue weighted by atomic mass is 10.1. The number of carbonyl (C=O) groups is 2. The van der Waals surface area contributed by atoms with E-state index in [-0.39, 0.29) is 11.8 Å². The van der Waals surface area contributed by atoms with Crippen LogP contribution in [0.3, 0.4) is 0 Å². The van der Waals surface area contributed by atoms with Crippen LogP contribution in [0.5, 0.6) is 5.75 Å². The zero-order valence-electron chi connectivity index (χ0n) is 12.3. The van der Waals surface area contributed by atoms with E-state index in [1.807, 2.05) is 25.2 Å². The van der Waals surface area contributed by atoms with E-state index in [4.69, 9.17) is 4.74 Å². The van der Waals surface area contributed by atoms with E-state index in [9.17, 15) is 9.59 Å². The minimum Gasteiger partial charge on any atom is -0.479 e. The fourth-order valence-electron chi connectivity index (χ4n) is 2.55. The summed E-state index contributed by atoms with van der Waals surface area (Å²) in [5.74, 6) is 0.708. The number of amides is 2. The average molecular weight is 289 g/mol. The van der Waals surface area contributed by atoms with Gasteiger partial charge in [-0.2, -0.15) is 0 Å². The summed E-state index contributed by atoms with van der Waals surface area (Å²) >= 11 is 0. The molecule has 6 nitrogen and oxygen atoms in total. The topological polar surface area (TPSA) is 61.9 Å². The standard InChI is InChI=1S/C15H19N3O3/c1-10-15(20)16-12-7-11(3-4-13(12)21-10)8-18-6-5-17(2)14(19)9-18/h3-4,7,10H,5-6,8-9H2,1-2H3,(H,16,20). The van der Waals surface area contributed by atoms with Crippen LogP contribution in [0.2, 0.25) is 0 Å². The molecule has 3 rings (SSSR count). The minimum atomic E-state index is -0.460. The Balaban J connectivity index is 1.71. The van der Waals surface area contributed by atoms with Gasteiger partial charge in [-0.05, 0) is 24.6 Å². The first kappa shape index (κ1) is 13.9. The Morgan fingerprint density at radius 2 is 2.14 bits per heavy atom. The van der Waals surface area contributed by atoms with Crippen molar-refractivity contribution < 1.29 is 14.3 Å². The summed E-state index contributed by atoms with van der Waals surface area (Å²) in [6.45, 7) is 4.47. The third kappa shape index (κ3) is 2.85. The molecule has 21 heavy (non-hydrogen) atoms. The van der Waals surface area contributed by atoms with Crippen LogP contribution in [0, 0.1) is 0 Å². The fraction of sp³-hybridized carbons (Fsp3) is 0.467. The molecule has 1 aromatic rings. The van der Waals surface area contributed by atoms with Crippen molar-refractivity contribution >= 4 is 17.5 Å². The van der Waals surface area contributed by atoms with Crippen LogP contribution in [0.25, 0.3) is 0 Å². The second-order valence-corrected chi connectivity index (χ2v) is 5.61. The summed E-state index contributed by atoms with van der Waals surface area (Å²) in [7, 11) is 1.83. The maximum absolute atomic E-state index is 11.7. The van der Waals surface area contributed by atoms with Crippen LogP contribution in [-0.4, -0.2) is 54.4 Å². The number of likely N-dealkylation sites (N-methyl/N-ethyl adjacent to an activating group) is 1. The Morgan fingerprint density at radius 1 is 1.33 bits per heavy atom. The molecule has 0 aliphatic carbocycles. The molecular formula is C15H19N3O3. The lowest BCUT2D eigenvalue weighted by Crippen LogP contribution is -2.47. The number of carbonyl (C=O) groups excluding carboxylic acids is 2. The zero-order chi connectivity index (χ0) is 15.0. The highest BCUT2D eigenvalue weighted by Gasteiger charge is 2.25. The SMILES string of the molecule is CC1Oc2ccc(CN3CCN(C)C(=O)C3)cc2NC1=O. The van der Waals surface area contributed by atoms with Crippen molar-refractivity contribution in [2.24, 2.45) is 0 Å². The van der Waals surface area contributed by atoms with E-state index in [1.165, 1.54) is 0 Å². The van der Waals surface area contributed by atoms with Crippen molar-refractivity contribution in [3.05, 3.63) is 23.8 Å². The fourth-order valence-corrected chi connectivity index (χ4v) is 2.55. The third-order valence-electron chi connectivity index (χ3n) is 3.92. The average Bonchev–Trinajstić information content (AvgIpc) is 2.44. The first-order valence-corrected chi connectivity index (χ1v) is 7.09. The van der Waals surface area contributed by atoms with Gasteiger partial charge in [0, 0.05) is 26.7 Å². The highest BCUT2D eigenvalue weighted by atomic mass is 16.5. The van der Waals surface area contributed by atoms with E-state index in [1.54, 1.807) is 11.8 Å². The first-order chi connectivity index (χ1) is 10.0. The van der Waals surface area contributed by atoms with Gasteiger partial charge >= 0.3 is 0 Å². The predicted octanol–water partition coefficient (Wildman–Crippen LogP) is 0.680. The third-order valence-corrected chi connectivity index (χ3v) is 3.92. The highest BCUT2D eigenvalue weighted by molar-refractivity contribution is 5.97. The monoisotopic (exact) mass is 289 g/mol. The Bertz CT molecular complexity index is 588. The molecule has 1 saturated heterocycles. The Kier molecular flexibility index (Phi) is 3.55. The van der Waals surface area contributed by atoms with Crippen molar-refractivity contribution in [1.82, 2.24) is 9.80 Å². The van der Waals surface area contributed by atoms with Gasteiger partial charge in [-0.25, -0.2) is 0 Å². The molecule has 0 radical (unpaired) electrons. The number of nitrogens with one attached hydrogen (secondary N) is 1. The van der Waals surface area contributed by atoms with Gasteiger partial charge in [0.15, 0.2) is 6.10 Å². The van der Waals surface area contributed by atoms with E-state index in [0.29, 0.717) is 24.5 Å². The molecule has 0 spiro atoms. The largest absolute Gasteiger partial charge is 0.479 e. The van der Waals surface area contributed by atoms with Crippen LogP contribution in [0.1, 0.15) is 12.5 Å². The zero-order valence-corrected chi connectivity index (χ0v) is 12.3. The lowest BCUT2D eigenvalue weighted by molar-refractivity contribution is -0.134. The number of nitrogens with zero attached hydrogens (tertiary/aromatic N) is 2. The molecule has 0 saturated carbocycles. The quantitative estimate of drug-likeness (QED) is 0.870. The van der Waals surface area contributed by atoms with Crippen LogP contribution in [0.15, 0.2) is 18.2 Å². The molecular weight excluding hydrogens is 270 g/mol. The van der Waals surface area contributed by atoms with Gasteiger partial charge in [0.1, 0.15) is 5.75 Å². The highest BCUT2D eigenvalue weighted by Crippen LogP contribution is 2.30. The number of hydrogen-bond acceptors (Lipinski definition) is 4. The van der Waals surface area contributed by atoms with Gasteiger partial charge in [0.25, 0.3) is 5.91 Å². The van der Waals surface area contributed by atoms with E-state index >= 15 is 0 Å². The van der Waals surface area contributed by atoms with Crippen LogP contribution in [0.4, 0.5) is 5.69 Å². The van der Waals surface area contributed by atoms with Crippen molar-refractivity contribution in [3.8, 4) is 5.75 Å². The summed E-state index contributed by atoms with van der Waals surface area (Å²) in [6.07, 6.45) is -0.460. The van der Waals surface area contributed by atoms with Crippen LogP contribution in [-0.2, 0) is 16.1 Å². The molecule has 1 aromatic carbocycles. The molecule has 0 aromatic heterocycles. The number of rotatable bonds is 2. The number of ether oxygens (including phenoxy) is 1.